The molecule has 3 aromatic rings. The molecule has 3 rings (SSSR count). The Morgan fingerprint density at radius 2 is 2.14 bits per heavy atom. The smallest absolute Gasteiger partial charge is 0.419 e. The van der Waals surface area contributed by atoms with Crippen molar-refractivity contribution in [1.82, 2.24) is 19.7 Å². The number of carbonyl (C=O) groups is 1. The van der Waals surface area contributed by atoms with E-state index in [-0.39, 0.29) is 6.61 Å². The topological polar surface area (TPSA) is 83.0 Å². The van der Waals surface area contributed by atoms with Gasteiger partial charge in [0.25, 0.3) is 0 Å². The molecule has 1 aromatic carbocycles. The van der Waals surface area contributed by atoms with Gasteiger partial charge in [0.15, 0.2) is 0 Å². The molecule has 7 heteroatoms. The molecule has 21 heavy (non-hydrogen) atoms. The molecule has 0 aliphatic heterocycles. The summed E-state index contributed by atoms with van der Waals surface area (Å²) in [7, 11) is 0. The van der Waals surface area contributed by atoms with Crippen molar-refractivity contribution in [2.75, 3.05) is 0 Å². The molecule has 0 atom stereocenters. The lowest BCUT2D eigenvalue weighted by atomic mass is 10.1. The van der Waals surface area contributed by atoms with E-state index < -0.39 is 6.09 Å². The molecular formula is C14H12N4O3. The maximum absolute atomic E-state index is 11.6. The van der Waals surface area contributed by atoms with Crippen LogP contribution in [0.2, 0.25) is 0 Å². The van der Waals surface area contributed by atoms with Gasteiger partial charge in [-0.3, -0.25) is 0 Å². The third-order valence-electron chi connectivity index (χ3n) is 2.82. The zero-order valence-electron chi connectivity index (χ0n) is 11.3. The molecule has 2 aromatic heterocycles. The highest BCUT2D eigenvalue weighted by Gasteiger charge is 2.07. The Kier molecular flexibility index (Phi) is 3.46. The SMILES string of the molecule is Cc1nc(-c2ccc(COC(=O)n3ccnc3)cc2)no1. The van der Waals surface area contributed by atoms with E-state index in [1.807, 2.05) is 24.3 Å². The number of carbonyl (C=O) groups excluding carboxylic acids is 1. The largest absolute Gasteiger partial charge is 0.444 e. The van der Waals surface area contributed by atoms with E-state index in [0.29, 0.717) is 11.7 Å². The number of aromatic nitrogens is 4. The van der Waals surface area contributed by atoms with Gasteiger partial charge in [-0.15, -0.1) is 0 Å². The normalized spacial score (nSPS) is 10.5. The predicted molar refractivity (Wildman–Crippen MR) is 72.3 cm³/mol. The van der Waals surface area contributed by atoms with Gasteiger partial charge in [-0.2, -0.15) is 4.98 Å². The average molecular weight is 284 g/mol. The number of aryl methyl sites for hydroxylation is 1. The van der Waals surface area contributed by atoms with Gasteiger partial charge in [0.1, 0.15) is 12.9 Å². The van der Waals surface area contributed by atoms with Gasteiger partial charge < -0.3 is 9.26 Å². The van der Waals surface area contributed by atoms with E-state index in [4.69, 9.17) is 9.26 Å². The monoisotopic (exact) mass is 284 g/mol. The highest BCUT2D eigenvalue weighted by Crippen LogP contribution is 2.16. The van der Waals surface area contributed by atoms with Gasteiger partial charge in [0.05, 0.1) is 0 Å². The fraction of sp³-hybridized carbons (Fsp3) is 0.143. The van der Waals surface area contributed by atoms with Crippen LogP contribution in [0.15, 0.2) is 47.5 Å². The number of ether oxygens (including phenoxy) is 1. The zero-order valence-corrected chi connectivity index (χ0v) is 11.3. The fourth-order valence-electron chi connectivity index (χ4n) is 1.75. The molecule has 7 nitrogen and oxygen atoms in total. The Balaban J connectivity index is 1.63. The van der Waals surface area contributed by atoms with E-state index >= 15 is 0 Å². The van der Waals surface area contributed by atoms with Gasteiger partial charge in [0.2, 0.25) is 11.7 Å². The summed E-state index contributed by atoms with van der Waals surface area (Å²) < 4.78 is 11.4. The molecule has 0 spiro atoms. The van der Waals surface area contributed by atoms with Gasteiger partial charge >= 0.3 is 6.09 Å². The number of rotatable bonds is 3. The van der Waals surface area contributed by atoms with Crippen LogP contribution in [0.4, 0.5) is 4.79 Å². The number of hydrogen-bond donors (Lipinski definition) is 0. The Morgan fingerprint density at radius 1 is 1.33 bits per heavy atom. The zero-order chi connectivity index (χ0) is 14.7. The van der Waals surface area contributed by atoms with Crippen molar-refractivity contribution in [2.24, 2.45) is 0 Å². The standard InChI is InChI=1S/C14H12N4O3/c1-10-16-13(17-21-10)12-4-2-11(3-5-12)8-20-14(19)18-7-6-15-9-18/h2-7,9H,8H2,1H3. The lowest BCUT2D eigenvalue weighted by Crippen LogP contribution is -2.11. The number of imidazole rings is 1. The number of nitrogens with zero attached hydrogens (tertiary/aromatic N) is 4. The van der Waals surface area contributed by atoms with E-state index in [9.17, 15) is 4.79 Å². The van der Waals surface area contributed by atoms with Gasteiger partial charge in [-0.05, 0) is 5.56 Å². The maximum atomic E-state index is 11.6. The summed E-state index contributed by atoms with van der Waals surface area (Å²) in [6.45, 7) is 1.92. The molecule has 0 unspecified atom stereocenters. The summed E-state index contributed by atoms with van der Waals surface area (Å²) in [5, 5.41) is 3.84. The molecular weight excluding hydrogens is 272 g/mol. The first-order chi connectivity index (χ1) is 10.2. The van der Waals surface area contributed by atoms with Gasteiger partial charge in [-0.1, -0.05) is 29.4 Å². The summed E-state index contributed by atoms with van der Waals surface area (Å²) in [6.07, 6.45) is 3.97. The average Bonchev–Trinajstić information content (AvgIpc) is 3.17. The highest BCUT2D eigenvalue weighted by molar-refractivity contribution is 5.70. The first-order valence-corrected chi connectivity index (χ1v) is 6.27. The second-order valence-electron chi connectivity index (χ2n) is 4.36. The predicted octanol–water partition coefficient (Wildman–Crippen LogP) is 2.43. The second kappa shape index (κ2) is 5.58. The van der Waals surface area contributed by atoms with E-state index in [1.165, 1.54) is 23.3 Å². The van der Waals surface area contributed by atoms with Crippen LogP contribution >= 0.6 is 0 Å². The maximum Gasteiger partial charge on any atom is 0.419 e. The van der Waals surface area contributed by atoms with Crippen LogP contribution in [0, 0.1) is 6.92 Å². The van der Waals surface area contributed by atoms with Crippen LogP contribution < -0.4 is 0 Å². The molecule has 0 aliphatic rings. The van der Waals surface area contributed by atoms with Crippen molar-refractivity contribution in [3.05, 3.63) is 54.4 Å². The molecule has 0 saturated carbocycles. The first-order valence-electron chi connectivity index (χ1n) is 6.27. The number of benzene rings is 1. The molecule has 0 radical (unpaired) electrons. The van der Waals surface area contributed by atoms with Crippen molar-refractivity contribution in [3.8, 4) is 11.4 Å². The summed E-state index contributed by atoms with van der Waals surface area (Å²) in [4.78, 5) is 19.6. The minimum absolute atomic E-state index is 0.183. The molecule has 0 saturated heterocycles. The highest BCUT2D eigenvalue weighted by atomic mass is 16.5. The number of hydrogen-bond acceptors (Lipinski definition) is 6. The molecule has 106 valence electrons. The van der Waals surface area contributed by atoms with Crippen LogP contribution in [-0.2, 0) is 11.3 Å². The Morgan fingerprint density at radius 3 is 2.76 bits per heavy atom. The van der Waals surface area contributed by atoms with Crippen molar-refractivity contribution >= 4 is 6.09 Å². The minimum Gasteiger partial charge on any atom is -0.444 e. The third-order valence-corrected chi connectivity index (χ3v) is 2.82. The van der Waals surface area contributed by atoms with Crippen molar-refractivity contribution in [1.29, 1.82) is 0 Å². The van der Waals surface area contributed by atoms with Crippen LogP contribution in [0.25, 0.3) is 11.4 Å². The summed E-state index contributed by atoms with van der Waals surface area (Å²) in [5.41, 5.74) is 1.71. The molecule has 0 bridgehead atoms. The quantitative estimate of drug-likeness (QED) is 0.734. The van der Waals surface area contributed by atoms with Gasteiger partial charge in [0, 0.05) is 24.9 Å². The van der Waals surface area contributed by atoms with E-state index in [0.717, 1.165) is 11.1 Å². The summed E-state index contributed by atoms with van der Waals surface area (Å²) in [6, 6.07) is 7.40. The Labute approximate surface area is 120 Å². The lowest BCUT2D eigenvalue weighted by Gasteiger charge is -2.05. The lowest BCUT2D eigenvalue weighted by molar-refractivity contribution is 0.141. The molecule has 0 N–H and O–H groups in total. The van der Waals surface area contributed by atoms with Crippen molar-refractivity contribution < 1.29 is 14.1 Å². The summed E-state index contributed by atoms with van der Waals surface area (Å²) >= 11 is 0. The Hall–Kier alpha value is -2.96. The minimum atomic E-state index is -0.467. The van der Waals surface area contributed by atoms with E-state index in [2.05, 4.69) is 15.1 Å². The third kappa shape index (κ3) is 2.97. The fourth-order valence-corrected chi connectivity index (χ4v) is 1.75. The molecule has 0 amide bonds. The summed E-state index contributed by atoms with van der Waals surface area (Å²) in [5.74, 6) is 1.05. The molecule has 0 fully saturated rings. The van der Waals surface area contributed by atoms with E-state index in [1.54, 1.807) is 6.92 Å². The van der Waals surface area contributed by atoms with Crippen molar-refractivity contribution in [2.45, 2.75) is 13.5 Å². The van der Waals surface area contributed by atoms with Crippen LogP contribution in [-0.4, -0.2) is 25.8 Å². The Bertz CT molecular complexity index is 732. The van der Waals surface area contributed by atoms with Gasteiger partial charge in [-0.25, -0.2) is 14.3 Å². The van der Waals surface area contributed by atoms with Crippen molar-refractivity contribution in [3.63, 3.8) is 0 Å². The first kappa shape index (κ1) is 13.0. The molecule has 0 aliphatic carbocycles. The van der Waals surface area contributed by atoms with Crippen LogP contribution in [0.1, 0.15) is 11.5 Å². The van der Waals surface area contributed by atoms with Crippen LogP contribution in [0.5, 0.6) is 0 Å². The second-order valence-corrected chi connectivity index (χ2v) is 4.36. The molecule has 2 heterocycles. The van der Waals surface area contributed by atoms with Crippen LogP contribution in [0.3, 0.4) is 0 Å².